The Balaban J connectivity index is 2.14. The van der Waals surface area contributed by atoms with Crippen LogP contribution in [0.15, 0.2) is 48.7 Å². The predicted molar refractivity (Wildman–Crippen MR) is 77.7 cm³/mol. The van der Waals surface area contributed by atoms with Crippen molar-refractivity contribution in [2.45, 2.75) is 31.8 Å². The van der Waals surface area contributed by atoms with Crippen LogP contribution in [-0.4, -0.2) is 15.7 Å². The van der Waals surface area contributed by atoms with E-state index in [1.165, 1.54) is 0 Å². The van der Waals surface area contributed by atoms with Crippen LogP contribution in [0.3, 0.4) is 0 Å². The fraction of sp³-hybridized carbons (Fsp3) is 0.312. The lowest BCUT2D eigenvalue weighted by atomic mass is 9.86. The van der Waals surface area contributed by atoms with Crippen molar-refractivity contribution in [1.29, 1.82) is 0 Å². The molecule has 1 unspecified atom stereocenters. The zero-order valence-electron chi connectivity index (χ0n) is 11.2. The van der Waals surface area contributed by atoms with Crippen LogP contribution in [-0.2, 0) is 12.8 Å². The van der Waals surface area contributed by atoms with Gasteiger partial charge in [-0.15, -0.1) is 0 Å². The van der Waals surface area contributed by atoms with Crippen molar-refractivity contribution in [3.05, 3.63) is 59.8 Å². The van der Waals surface area contributed by atoms with Gasteiger partial charge >= 0.3 is 0 Å². The lowest BCUT2D eigenvalue weighted by molar-refractivity contribution is 0.0369. The van der Waals surface area contributed by atoms with Gasteiger partial charge in [0.05, 0.1) is 5.60 Å². The van der Waals surface area contributed by atoms with Crippen molar-refractivity contribution in [2.75, 3.05) is 5.73 Å². The molecule has 100 valence electrons. The first kappa shape index (κ1) is 13.6. The van der Waals surface area contributed by atoms with E-state index in [0.717, 1.165) is 11.1 Å². The fourth-order valence-corrected chi connectivity index (χ4v) is 2.27. The van der Waals surface area contributed by atoms with Crippen molar-refractivity contribution in [3.63, 3.8) is 0 Å². The first-order valence-electron chi connectivity index (χ1n) is 6.58. The number of hydrogen-bond donors (Lipinski definition) is 2. The Morgan fingerprint density at radius 3 is 2.42 bits per heavy atom. The maximum atomic E-state index is 10.8. The van der Waals surface area contributed by atoms with Gasteiger partial charge in [-0.05, 0) is 29.7 Å². The van der Waals surface area contributed by atoms with Gasteiger partial charge in [0.25, 0.3) is 0 Å². The summed E-state index contributed by atoms with van der Waals surface area (Å²) in [5.41, 5.74) is 7.11. The van der Waals surface area contributed by atoms with Crippen LogP contribution in [0.25, 0.3) is 0 Å². The zero-order valence-corrected chi connectivity index (χ0v) is 11.2. The van der Waals surface area contributed by atoms with Crippen molar-refractivity contribution < 1.29 is 5.11 Å². The number of aromatic nitrogens is 1. The highest BCUT2D eigenvalue weighted by Crippen LogP contribution is 2.23. The Morgan fingerprint density at radius 2 is 1.79 bits per heavy atom. The second-order valence-electron chi connectivity index (χ2n) is 5.01. The Morgan fingerprint density at radius 1 is 1.11 bits per heavy atom. The first-order valence-corrected chi connectivity index (χ1v) is 6.58. The molecule has 3 N–H and O–H groups in total. The van der Waals surface area contributed by atoms with Crippen LogP contribution < -0.4 is 5.73 Å². The van der Waals surface area contributed by atoms with Gasteiger partial charge in [0.2, 0.25) is 0 Å². The topological polar surface area (TPSA) is 59.1 Å². The van der Waals surface area contributed by atoms with Crippen molar-refractivity contribution in [1.82, 2.24) is 4.98 Å². The summed E-state index contributed by atoms with van der Waals surface area (Å²) in [6, 6.07) is 13.8. The van der Waals surface area contributed by atoms with Gasteiger partial charge < -0.3 is 10.8 Å². The summed E-state index contributed by atoms with van der Waals surface area (Å²) in [6.45, 7) is 2.01. The molecular formula is C16H20N2O. The number of nitrogen functional groups attached to an aromatic ring is 1. The van der Waals surface area contributed by atoms with Gasteiger partial charge in [-0.25, -0.2) is 4.98 Å². The summed E-state index contributed by atoms with van der Waals surface area (Å²) in [5.74, 6) is 0.496. The Labute approximate surface area is 114 Å². The highest BCUT2D eigenvalue weighted by Gasteiger charge is 2.25. The van der Waals surface area contributed by atoms with Gasteiger partial charge in [-0.2, -0.15) is 0 Å². The second-order valence-corrected chi connectivity index (χ2v) is 5.01. The number of anilines is 1. The van der Waals surface area contributed by atoms with Crippen LogP contribution in [0.1, 0.15) is 24.5 Å². The maximum Gasteiger partial charge on any atom is 0.123 e. The van der Waals surface area contributed by atoms with E-state index >= 15 is 0 Å². The van der Waals surface area contributed by atoms with Gasteiger partial charge in [-0.3, -0.25) is 0 Å². The molecule has 1 aromatic heterocycles. The Hall–Kier alpha value is -1.87. The standard InChI is InChI=1S/C16H20N2O/c1-2-16(19,11-13-6-4-3-5-7-13)12-14-8-9-18-15(17)10-14/h3-10,19H,2,11-12H2,1H3,(H2,17,18). The van der Waals surface area contributed by atoms with Crippen LogP contribution >= 0.6 is 0 Å². The van der Waals surface area contributed by atoms with E-state index in [0.29, 0.717) is 25.1 Å². The Bertz CT molecular complexity index is 527. The van der Waals surface area contributed by atoms with Gasteiger partial charge in [0.1, 0.15) is 5.82 Å². The van der Waals surface area contributed by atoms with E-state index in [9.17, 15) is 5.11 Å². The monoisotopic (exact) mass is 256 g/mol. The average Bonchev–Trinajstić information content (AvgIpc) is 2.40. The van der Waals surface area contributed by atoms with E-state index in [2.05, 4.69) is 4.98 Å². The summed E-state index contributed by atoms with van der Waals surface area (Å²) in [7, 11) is 0. The zero-order chi connectivity index (χ0) is 13.7. The summed E-state index contributed by atoms with van der Waals surface area (Å²) in [6.07, 6.45) is 3.62. The minimum atomic E-state index is -0.741. The lowest BCUT2D eigenvalue weighted by Gasteiger charge is -2.27. The molecule has 0 aliphatic heterocycles. The SMILES string of the molecule is CCC(O)(Cc1ccccc1)Cc1ccnc(N)c1. The van der Waals surface area contributed by atoms with Crippen molar-refractivity contribution in [2.24, 2.45) is 0 Å². The first-order chi connectivity index (χ1) is 9.11. The van der Waals surface area contributed by atoms with Gasteiger partial charge in [0.15, 0.2) is 0 Å². The normalized spacial score (nSPS) is 14.0. The molecule has 0 aliphatic carbocycles. The molecule has 2 rings (SSSR count). The molecule has 3 nitrogen and oxygen atoms in total. The van der Waals surface area contributed by atoms with Crippen LogP contribution in [0, 0.1) is 0 Å². The molecule has 1 aromatic carbocycles. The molecular weight excluding hydrogens is 236 g/mol. The number of hydrogen-bond acceptors (Lipinski definition) is 3. The van der Waals surface area contributed by atoms with Crippen LogP contribution in [0.5, 0.6) is 0 Å². The van der Waals surface area contributed by atoms with E-state index in [4.69, 9.17) is 5.73 Å². The number of nitrogens with two attached hydrogens (primary N) is 1. The van der Waals surface area contributed by atoms with E-state index in [1.807, 2.05) is 49.4 Å². The minimum absolute atomic E-state index is 0.496. The molecule has 0 fully saturated rings. The third-order valence-electron chi connectivity index (χ3n) is 3.41. The lowest BCUT2D eigenvalue weighted by Crippen LogP contribution is -2.33. The molecule has 1 heterocycles. The maximum absolute atomic E-state index is 10.8. The summed E-state index contributed by atoms with van der Waals surface area (Å²) < 4.78 is 0. The number of aliphatic hydroxyl groups is 1. The molecule has 3 heteroatoms. The summed E-state index contributed by atoms with van der Waals surface area (Å²) >= 11 is 0. The molecule has 1 atom stereocenters. The number of rotatable bonds is 5. The third-order valence-corrected chi connectivity index (χ3v) is 3.41. The molecule has 0 amide bonds. The second kappa shape index (κ2) is 5.85. The van der Waals surface area contributed by atoms with Crippen LogP contribution in [0.2, 0.25) is 0 Å². The molecule has 0 radical (unpaired) electrons. The van der Waals surface area contributed by atoms with E-state index in [-0.39, 0.29) is 0 Å². The molecule has 2 aromatic rings. The molecule has 0 spiro atoms. The van der Waals surface area contributed by atoms with Gasteiger partial charge in [-0.1, -0.05) is 37.3 Å². The largest absolute Gasteiger partial charge is 0.389 e. The molecule has 19 heavy (non-hydrogen) atoms. The number of pyridine rings is 1. The van der Waals surface area contributed by atoms with Crippen molar-refractivity contribution in [3.8, 4) is 0 Å². The highest BCUT2D eigenvalue weighted by molar-refractivity contribution is 5.33. The molecule has 0 saturated carbocycles. The highest BCUT2D eigenvalue weighted by atomic mass is 16.3. The average molecular weight is 256 g/mol. The van der Waals surface area contributed by atoms with E-state index in [1.54, 1.807) is 6.20 Å². The molecule has 0 aliphatic rings. The number of benzene rings is 1. The number of nitrogens with zero attached hydrogens (tertiary/aromatic N) is 1. The predicted octanol–water partition coefficient (Wildman–Crippen LogP) is 2.59. The van der Waals surface area contributed by atoms with Crippen molar-refractivity contribution >= 4 is 5.82 Å². The van der Waals surface area contributed by atoms with E-state index < -0.39 is 5.60 Å². The quantitative estimate of drug-likeness (QED) is 0.864. The smallest absolute Gasteiger partial charge is 0.123 e. The summed E-state index contributed by atoms with van der Waals surface area (Å²) in [4.78, 5) is 3.98. The van der Waals surface area contributed by atoms with Gasteiger partial charge in [0, 0.05) is 19.0 Å². The summed E-state index contributed by atoms with van der Waals surface area (Å²) in [5, 5.41) is 10.8. The third kappa shape index (κ3) is 3.80. The molecule has 0 saturated heterocycles. The van der Waals surface area contributed by atoms with Crippen LogP contribution in [0.4, 0.5) is 5.82 Å². The fourth-order valence-electron chi connectivity index (χ4n) is 2.27. The minimum Gasteiger partial charge on any atom is -0.389 e. The Kier molecular flexibility index (Phi) is 4.17. The molecule has 0 bridgehead atoms.